The maximum absolute atomic E-state index is 12.2. The summed E-state index contributed by atoms with van der Waals surface area (Å²) < 4.78 is 5.12. The summed E-state index contributed by atoms with van der Waals surface area (Å²) in [6.07, 6.45) is 3.35. The number of piperazine rings is 1. The molecule has 2 rings (SSSR count). The van der Waals surface area contributed by atoms with E-state index in [-0.39, 0.29) is 18.4 Å². The van der Waals surface area contributed by atoms with Crippen molar-refractivity contribution in [2.45, 2.75) is 19.8 Å². The molecule has 8 nitrogen and oxygen atoms in total. The predicted molar refractivity (Wildman–Crippen MR) is 86.6 cm³/mol. The average molecular weight is 337 g/mol. The minimum absolute atomic E-state index is 0.126. The van der Waals surface area contributed by atoms with Crippen molar-refractivity contribution in [2.24, 2.45) is 0 Å². The molecule has 1 aromatic rings. The van der Waals surface area contributed by atoms with Crippen LogP contribution in [0.3, 0.4) is 0 Å². The van der Waals surface area contributed by atoms with Crippen LogP contribution in [0.1, 0.15) is 30.3 Å². The first-order chi connectivity index (χ1) is 11.6. The van der Waals surface area contributed by atoms with Crippen LogP contribution in [0.25, 0.3) is 0 Å². The molecule has 24 heavy (non-hydrogen) atoms. The molecule has 0 radical (unpaired) electrons. The zero-order valence-corrected chi connectivity index (χ0v) is 14.0. The Bertz CT molecular complexity index is 550. The van der Waals surface area contributed by atoms with Gasteiger partial charge in [-0.25, -0.2) is 4.79 Å². The second-order valence-corrected chi connectivity index (χ2v) is 5.85. The number of hydrogen-bond acceptors (Lipinski definition) is 4. The Morgan fingerprint density at radius 3 is 2.67 bits per heavy atom. The monoisotopic (exact) mass is 337 g/mol. The molecule has 1 aliphatic rings. The fraction of sp³-hybridized carbons (Fsp3) is 0.562. The third kappa shape index (κ3) is 5.38. The van der Waals surface area contributed by atoms with Crippen molar-refractivity contribution in [3.05, 3.63) is 24.2 Å². The lowest BCUT2D eigenvalue weighted by Gasteiger charge is -2.31. The van der Waals surface area contributed by atoms with Crippen molar-refractivity contribution in [1.82, 2.24) is 15.5 Å². The van der Waals surface area contributed by atoms with Gasteiger partial charge in [0.1, 0.15) is 0 Å². The van der Waals surface area contributed by atoms with Crippen LogP contribution in [0, 0.1) is 0 Å². The molecule has 1 aliphatic heterocycles. The van der Waals surface area contributed by atoms with Crippen molar-refractivity contribution in [3.63, 3.8) is 0 Å². The Morgan fingerprint density at radius 2 is 2.04 bits per heavy atom. The third-order valence-electron chi connectivity index (χ3n) is 3.97. The van der Waals surface area contributed by atoms with Crippen molar-refractivity contribution in [3.8, 4) is 0 Å². The summed E-state index contributed by atoms with van der Waals surface area (Å²) in [6.45, 7) is 5.27. The summed E-state index contributed by atoms with van der Waals surface area (Å²) in [6, 6.07) is 2.89. The van der Waals surface area contributed by atoms with Crippen LogP contribution in [-0.4, -0.2) is 62.0 Å². The van der Waals surface area contributed by atoms with E-state index in [1.165, 1.54) is 6.26 Å². The Kier molecular flexibility index (Phi) is 6.80. The van der Waals surface area contributed by atoms with Crippen molar-refractivity contribution >= 4 is 17.8 Å². The number of carbonyl (C=O) groups excluding carboxylic acids is 3. The number of imide groups is 1. The van der Waals surface area contributed by atoms with Gasteiger partial charge in [-0.1, -0.05) is 13.3 Å². The number of furan rings is 1. The maximum atomic E-state index is 12.2. The van der Waals surface area contributed by atoms with E-state index in [4.69, 9.17) is 4.42 Å². The van der Waals surface area contributed by atoms with Gasteiger partial charge in [-0.3, -0.25) is 14.9 Å². The molecule has 3 N–H and O–H groups in total. The minimum atomic E-state index is -0.445. The Hall–Kier alpha value is -2.35. The number of quaternary nitrogens is 1. The summed E-state index contributed by atoms with van der Waals surface area (Å²) in [5.74, 6) is -0.0939. The fourth-order valence-corrected chi connectivity index (χ4v) is 2.58. The molecular formula is C16H25N4O4+. The predicted octanol–water partition coefficient (Wildman–Crippen LogP) is -0.754. The van der Waals surface area contributed by atoms with Crippen molar-refractivity contribution in [2.75, 3.05) is 39.3 Å². The molecule has 0 atom stereocenters. The number of urea groups is 1. The van der Waals surface area contributed by atoms with Crippen molar-refractivity contribution in [1.29, 1.82) is 0 Å². The highest BCUT2D eigenvalue weighted by atomic mass is 16.3. The number of unbranched alkanes of at least 4 members (excludes halogenated alkanes) is 1. The second kappa shape index (κ2) is 9.07. The number of rotatable bonds is 6. The quantitative estimate of drug-likeness (QED) is 0.595. The number of carbonyl (C=O) groups is 3. The van der Waals surface area contributed by atoms with E-state index in [1.807, 2.05) is 6.92 Å². The van der Waals surface area contributed by atoms with Gasteiger partial charge in [0.05, 0.1) is 32.4 Å². The number of amides is 4. The van der Waals surface area contributed by atoms with Gasteiger partial charge >= 0.3 is 6.03 Å². The normalized spacial score (nSPS) is 15.1. The van der Waals surface area contributed by atoms with Crippen LogP contribution in [0.4, 0.5) is 4.79 Å². The summed E-state index contributed by atoms with van der Waals surface area (Å²) in [7, 11) is 0. The lowest BCUT2D eigenvalue weighted by molar-refractivity contribution is -0.895. The zero-order valence-electron chi connectivity index (χ0n) is 14.0. The van der Waals surface area contributed by atoms with E-state index in [1.54, 1.807) is 17.0 Å². The molecule has 1 saturated heterocycles. The van der Waals surface area contributed by atoms with Gasteiger partial charge in [-0.05, 0) is 18.6 Å². The van der Waals surface area contributed by atoms with E-state index in [9.17, 15) is 14.4 Å². The first-order valence-corrected chi connectivity index (χ1v) is 8.34. The topological polar surface area (TPSA) is 96.1 Å². The first-order valence-electron chi connectivity index (χ1n) is 8.34. The molecule has 8 heteroatoms. The van der Waals surface area contributed by atoms with Crippen molar-refractivity contribution < 1.29 is 23.7 Å². The van der Waals surface area contributed by atoms with E-state index in [2.05, 4.69) is 10.6 Å². The Balaban J connectivity index is 1.68. The third-order valence-corrected chi connectivity index (χ3v) is 3.97. The second-order valence-electron chi connectivity index (χ2n) is 5.85. The SMILES string of the molecule is CCCCNC(=O)NC(=O)C[NH+]1CCN(C(=O)c2ccco2)CC1. The summed E-state index contributed by atoms with van der Waals surface area (Å²) in [4.78, 5) is 38.3. The summed E-state index contributed by atoms with van der Waals surface area (Å²) in [5.41, 5.74) is 0. The molecule has 0 bridgehead atoms. The summed E-state index contributed by atoms with van der Waals surface area (Å²) >= 11 is 0. The highest BCUT2D eigenvalue weighted by Crippen LogP contribution is 2.05. The minimum Gasteiger partial charge on any atom is -0.459 e. The molecule has 0 unspecified atom stereocenters. The smallest absolute Gasteiger partial charge is 0.321 e. The van der Waals surface area contributed by atoms with Gasteiger partial charge in [0.25, 0.3) is 11.8 Å². The molecule has 0 aliphatic carbocycles. The lowest BCUT2D eigenvalue weighted by Crippen LogP contribution is -3.15. The van der Waals surface area contributed by atoms with Gasteiger partial charge in [0.15, 0.2) is 12.3 Å². The number of nitrogens with zero attached hydrogens (tertiary/aromatic N) is 1. The van der Waals surface area contributed by atoms with Gasteiger partial charge in [0, 0.05) is 6.54 Å². The molecule has 1 aromatic heterocycles. The van der Waals surface area contributed by atoms with Crippen LogP contribution in [-0.2, 0) is 4.79 Å². The van der Waals surface area contributed by atoms with Crippen LogP contribution < -0.4 is 15.5 Å². The van der Waals surface area contributed by atoms with E-state index < -0.39 is 6.03 Å². The van der Waals surface area contributed by atoms with Crippen LogP contribution in [0.2, 0.25) is 0 Å². The molecule has 0 saturated carbocycles. The molecule has 0 aromatic carbocycles. The average Bonchev–Trinajstić information content (AvgIpc) is 3.09. The van der Waals surface area contributed by atoms with E-state index in [0.29, 0.717) is 38.5 Å². The van der Waals surface area contributed by atoms with Crippen LogP contribution in [0.5, 0.6) is 0 Å². The maximum Gasteiger partial charge on any atom is 0.321 e. The molecule has 0 spiro atoms. The molecule has 4 amide bonds. The first kappa shape index (κ1) is 18.0. The van der Waals surface area contributed by atoms with Crippen LogP contribution in [0.15, 0.2) is 22.8 Å². The highest BCUT2D eigenvalue weighted by Gasteiger charge is 2.27. The molecule has 1 fully saturated rings. The lowest BCUT2D eigenvalue weighted by atomic mass is 10.3. The summed E-state index contributed by atoms with van der Waals surface area (Å²) in [5, 5.41) is 4.98. The number of nitrogens with one attached hydrogen (secondary N) is 3. The fourth-order valence-electron chi connectivity index (χ4n) is 2.58. The molecular weight excluding hydrogens is 312 g/mol. The van der Waals surface area contributed by atoms with Gasteiger partial charge in [0.2, 0.25) is 0 Å². The zero-order chi connectivity index (χ0) is 17.4. The molecule has 2 heterocycles. The standard InChI is InChI=1S/C16H24N4O4/c1-2-3-6-17-16(23)18-14(21)12-19-7-9-20(10-8-19)15(22)13-5-4-11-24-13/h4-5,11H,2-3,6-10,12H2,1H3,(H2,17,18,21,23)/p+1. The van der Waals surface area contributed by atoms with Gasteiger partial charge in [-0.15, -0.1) is 0 Å². The largest absolute Gasteiger partial charge is 0.459 e. The van der Waals surface area contributed by atoms with E-state index >= 15 is 0 Å². The number of hydrogen-bond donors (Lipinski definition) is 3. The van der Waals surface area contributed by atoms with Gasteiger partial charge in [-0.2, -0.15) is 0 Å². The van der Waals surface area contributed by atoms with E-state index in [0.717, 1.165) is 17.7 Å². The van der Waals surface area contributed by atoms with Gasteiger partial charge < -0.3 is 19.5 Å². The molecule has 132 valence electrons. The Morgan fingerprint density at radius 1 is 1.29 bits per heavy atom. The highest BCUT2D eigenvalue weighted by molar-refractivity contribution is 5.94. The van der Waals surface area contributed by atoms with Crippen LogP contribution >= 0.6 is 0 Å². The Labute approximate surface area is 141 Å².